The monoisotopic (exact) mass is 328 g/mol. The van der Waals surface area contributed by atoms with Crippen LogP contribution in [0.1, 0.15) is 35.9 Å². The van der Waals surface area contributed by atoms with E-state index in [-0.39, 0.29) is 12.6 Å². The first-order valence-corrected chi connectivity index (χ1v) is 7.69. The normalized spacial score (nSPS) is 11.4. The lowest BCUT2D eigenvalue weighted by molar-refractivity contribution is -0.146. The summed E-state index contributed by atoms with van der Waals surface area (Å²) in [5.74, 6) is -0.817. The summed E-state index contributed by atoms with van der Waals surface area (Å²) in [6.45, 7) is 3.72. The van der Waals surface area contributed by atoms with Crippen LogP contribution < -0.4 is 5.32 Å². The fraction of sp³-hybridized carbons (Fsp3) is 0.278. The van der Waals surface area contributed by atoms with Gasteiger partial charge in [0.25, 0.3) is 0 Å². The number of aromatic nitrogens is 1. The highest BCUT2D eigenvalue weighted by Crippen LogP contribution is 2.21. The standard InChI is InChI=1S/C18H20N2O4/c1-3-23-18(22)15-11-19-10-9-16(15)20-12-17(24-13(2)21)14-7-5-4-6-8-14/h4-11,17H,3,12H2,1-2H3,(H,19,20)/t17-/m0/s1. The van der Waals surface area contributed by atoms with Gasteiger partial charge in [0, 0.05) is 19.3 Å². The lowest BCUT2D eigenvalue weighted by Crippen LogP contribution is -2.19. The smallest absolute Gasteiger partial charge is 0.341 e. The predicted octanol–water partition coefficient (Wildman–Crippen LogP) is 2.97. The summed E-state index contributed by atoms with van der Waals surface area (Å²) in [7, 11) is 0. The molecule has 6 nitrogen and oxygen atoms in total. The number of hydrogen-bond acceptors (Lipinski definition) is 6. The van der Waals surface area contributed by atoms with Crippen LogP contribution in [0.2, 0.25) is 0 Å². The van der Waals surface area contributed by atoms with Crippen molar-refractivity contribution >= 4 is 17.6 Å². The van der Waals surface area contributed by atoms with Gasteiger partial charge in [0.2, 0.25) is 0 Å². The molecule has 2 rings (SSSR count). The molecule has 0 aliphatic carbocycles. The fourth-order valence-corrected chi connectivity index (χ4v) is 2.22. The van der Waals surface area contributed by atoms with Gasteiger partial charge in [0.05, 0.1) is 18.8 Å². The molecule has 0 amide bonds. The third kappa shape index (κ3) is 4.81. The van der Waals surface area contributed by atoms with E-state index in [2.05, 4.69) is 10.3 Å². The number of pyridine rings is 1. The van der Waals surface area contributed by atoms with E-state index in [4.69, 9.17) is 9.47 Å². The number of nitrogens with one attached hydrogen (secondary N) is 1. The van der Waals surface area contributed by atoms with Crippen molar-refractivity contribution in [2.75, 3.05) is 18.5 Å². The highest BCUT2D eigenvalue weighted by Gasteiger charge is 2.17. The molecular formula is C18H20N2O4. The fourth-order valence-electron chi connectivity index (χ4n) is 2.22. The van der Waals surface area contributed by atoms with E-state index in [0.29, 0.717) is 17.8 Å². The Labute approximate surface area is 140 Å². The van der Waals surface area contributed by atoms with Gasteiger partial charge in [-0.05, 0) is 18.6 Å². The van der Waals surface area contributed by atoms with E-state index >= 15 is 0 Å². The highest BCUT2D eigenvalue weighted by molar-refractivity contribution is 5.95. The van der Waals surface area contributed by atoms with E-state index in [1.807, 2.05) is 30.3 Å². The second-order valence-corrected chi connectivity index (χ2v) is 5.03. The molecule has 0 aliphatic heterocycles. The number of benzene rings is 1. The van der Waals surface area contributed by atoms with Crippen LogP contribution in [0.25, 0.3) is 0 Å². The van der Waals surface area contributed by atoms with Crippen molar-refractivity contribution in [3.63, 3.8) is 0 Å². The number of hydrogen-bond donors (Lipinski definition) is 1. The lowest BCUT2D eigenvalue weighted by atomic mass is 10.1. The minimum absolute atomic E-state index is 0.285. The maximum atomic E-state index is 12.0. The molecule has 0 saturated heterocycles. The highest BCUT2D eigenvalue weighted by atomic mass is 16.5. The van der Waals surface area contributed by atoms with E-state index in [0.717, 1.165) is 5.56 Å². The van der Waals surface area contributed by atoms with Gasteiger partial charge in [0.15, 0.2) is 0 Å². The number of anilines is 1. The van der Waals surface area contributed by atoms with Crippen LogP contribution in [0.15, 0.2) is 48.8 Å². The van der Waals surface area contributed by atoms with Crippen molar-refractivity contribution < 1.29 is 19.1 Å². The summed E-state index contributed by atoms with van der Waals surface area (Å²) in [5.41, 5.74) is 1.79. The largest absolute Gasteiger partial charge is 0.462 e. The zero-order valence-corrected chi connectivity index (χ0v) is 13.7. The zero-order chi connectivity index (χ0) is 17.4. The first-order chi connectivity index (χ1) is 11.6. The predicted molar refractivity (Wildman–Crippen MR) is 89.6 cm³/mol. The third-order valence-electron chi connectivity index (χ3n) is 3.27. The van der Waals surface area contributed by atoms with Gasteiger partial charge in [-0.3, -0.25) is 9.78 Å². The Balaban J connectivity index is 2.15. The minimum Gasteiger partial charge on any atom is -0.462 e. The minimum atomic E-state index is -0.466. The van der Waals surface area contributed by atoms with Gasteiger partial charge in [-0.2, -0.15) is 0 Å². The molecule has 0 bridgehead atoms. The summed E-state index contributed by atoms with van der Waals surface area (Å²) < 4.78 is 10.4. The molecular weight excluding hydrogens is 308 g/mol. The quantitative estimate of drug-likeness (QED) is 0.787. The molecule has 0 aliphatic rings. The van der Waals surface area contributed by atoms with Gasteiger partial charge < -0.3 is 14.8 Å². The van der Waals surface area contributed by atoms with Crippen LogP contribution in [-0.4, -0.2) is 30.1 Å². The topological polar surface area (TPSA) is 77.5 Å². The molecule has 0 spiro atoms. The van der Waals surface area contributed by atoms with Crippen molar-refractivity contribution in [1.29, 1.82) is 0 Å². The average Bonchev–Trinajstić information content (AvgIpc) is 2.59. The van der Waals surface area contributed by atoms with Crippen molar-refractivity contribution in [3.05, 3.63) is 59.9 Å². The van der Waals surface area contributed by atoms with Crippen molar-refractivity contribution in [1.82, 2.24) is 4.98 Å². The maximum absolute atomic E-state index is 12.0. The Morgan fingerprint density at radius 1 is 1.21 bits per heavy atom. The van der Waals surface area contributed by atoms with Gasteiger partial charge in [-0.1, -0.05) is 30.3 Å². The van der Waals surface area contributed by atoms with E-state index in [9.17, 15) is 9.59 Å². The van der Waals surface area contributed by atoms with Crippen LogP contribution in [0.4, 0.5) is 5.69 Å². The first-order valence-electron chi connectivity index (χ1n) is 7.69. The number of carbonyl (C=O) groups excluding carboxylic acids is 2. The molecule has 1 aromatic heterocycles. The van der Waals surface area contributed by atoms with Crippen LogP contribution in [0, 0.1) is 0 Å². The molecule has 0 unspecified atom stereocenters. The number of rotatable bonds is 7. The Morgan fingerprint density at radius 2 is 1.96 bits per heavy atom. The number of carbonyl (C=O) groups is 2. The van der Waals surface area contributed by atoms with Crippen molar-refractivity contribution in [3.8, 4) is 0 Å². The van der Waals surface area contributed by atoms with E-state index in [1.165, 1.54) is 13.1 Å². The Morgan fingerprint density at radius 3 is 2.62 bits per heavy atom. The van der Waals surface area contributed by atoms with Crippen LogP contribution in [-0.2, 0) is 14.3 Å². The Kier molecular flexibility index (Phi) is 6.31. The Hall–Kier alpha value is -2.89. The summed E-state index contributed by atoms with van der Waals surface area (Å²) in [5, 5.41) is 3.14. The molecule has 1 heterocycles. The molecule has 126 valence electrons. The average molecular weight is 328 g/mol. The molecule has 1 atom stereocenters. The number of esters is 2. The van der Waals surface area contributed by atoms with E-state index < -0.39 is 12.1 Å². The van der Waals surface area contributed by atoms with Crippen LogP contribution >= 0.6 is 0 Å². The summed E-state index contributed by atoms with van der Waals surface area (Å²) in [4.78, 5) is 27.3. The van der Waals surface area contributed by atoms with Crippen molar-refractivity contribution in [2.45, 2.75) is 20.0 Å². The van der Waals surface area contributed by atoms with Crippen molar-refractivity contribution in [2.24, 2.45) is 0 Å². The molecule has 0 saturated carbocycles. The van der Waals surface area contributed by atoms with Gasteiger partial charge in [0.1, 0.15) is 11.7 Å². The summed E-state index contributed by atoms with van der Waals surface area (Å²) in [6, 6.07) is 11.1. The first kappa shape index (κ1) is 17.5. The molecule has 2 aromatic rings. The van der Waals surface area contributed by atoms with Crippen LogP contribution in [0.3, 0.4) is 0 Å². The van der Waals surface area contributed by atoms with Gasteiger partial charge in [-0.15, -0.1) is 0 Å². The molecule has 1 aromatic carbocycles. The summed E-state index contributed by atoms with van der Waals surface area (Å²) in [6.07, 6.45) is 2.56. The molecule has 0 fully saturated rings. The maximum Gasteiger partial charge on any atom is 0.341 e. The third-order valence-corrected chi connectivity index (χ3v) is 3.27. The van der Waals surface area contributed by atoms with Crippen LogP contribution in [0.5, 0.6) is 0 Å². The zero-order valence-electron chi connectivity index (χ0n) is 13.7. The lowest BCUT2D eigenvalue weighted by Gasteiger charge is -2.19. The molecule has 6 heteroatoms. The molecule has 1 N–H and O–H groups in total. The van der Waals surface area contributed by atoms with E-state index in [1.54, 1.807) is 19.2 Å². The number of ether oxygens (including phenoxy) is 2. The van der Waals surface area contributed by atoms with Gasteiger partial charge in [-0.25, -0.2) is 4.79 Å². The summed E-state index contributed by atoms with van der Waals surface area (Å²) >= 11 is 0. The second-order valence-electron chi connectivity index (χ2n) is 5.03. The SMILES string of the molecule is CCOC(=O)c1cnccc1NC[C@H](OC(C)=O)c1ccccc1. The molecule has 0 radical (unpaired) electrons. The van der Waals surface area contributed by atoms with Gasteiger partial charge >= 0.3 is 11.9 Å². The number of nitrogens with zero attached hydrogens (tertiary/aromatic N) is 1. The Bertz CT molecular complexity index is 688. The molecule has 24 heavy (non-hydrogen) atoms. The second kappa shape index (κ2) is 8.67.